The van der Waals surface area contributed by atoms with Gasteiger partial charge in [-0.05, 0) is 43.5 Å². The molecule has 2 aromatic heterocycles. The molecular weight excluding hydrogens is 430 g/mol. The highest BCUT2D eigenvalue weighted by Crippen LogP contribution is 2.27. The van der Waals surface area contributed by atoms with Crippen LogP contribution in [0.4, 0.5) is 11.6 Å². The van der Waals surface area contributed by atoms with Gasteiger partial charge in [-0.15, -0.1) is 0 Å². The molecule has 4 N–H and O–H groups in total. The highest BCUT2D eigenvalue weighted by Gasteiger charge is 2.25. The number of ether oxygens (including phenoxy) is 1. The predicted octanol–water partition coefficient (Wildman–Crippen LogP) is 3.56. The number of nitrogens with one attached hydrogen (secondary N) is 2. The fourth-order valence-corrected chi connectivity index (χ4v) is 3.96. The first-order valence-electron chi connectivity index (χ1n) is 11.0. The Hall–Kier alpha value is -4.27. The molecule has 1 unspecified atom stereocenters. The number of aryl methyl sites for hydroxylation is 1. The maximum atomic E-state index is 12.0. The summed E-state index contributed by atoms with van der Waals surface area (Å²) in [6.07, 6.45) is 6.01. The van der Waals surface area contributed by atoms with Crippen molar-refractivity contribution in [3.8, 4) is 11.6 Å². The molecular formula is C25H27N7O2. The van der Waals surface area contributed by atoms with E-state index in [0.717, 1.165) is 18.4 Å². The SMILES string of the molecule is C=CC(=O)N1CCCC(Nc2ncnc(N)c2C(=N)c2cnc(Oc3ccccc3)cc2C)C1. The lowest BCUT2D eigenvalue weighted by Gasteiger charge is -2.33. The number of nitrogen functional groups attached to an aromatic ring is 1. The molecule has 34 heavy (non-hydrogen) atoms. The Morgan fingerprint density at radius 1 is 1.29 bits per heavy atom. The van der Waals surface area contributed by atoms with E-state index in [1.807, 2.05) is 37.3 Å². The van der Waals surface area contributed by atoms with Gasteiger partial charge in [0.05, 0.1) is 11.3 Å². The van der Waals surface area contributed by atoms with Crippen molar-refractivity contribution >= 4 is 23.3 Å². The molecule has 1 aliphatic rings. The van der Waals surface area contributed by atoms with E-state index in [2.05, 4.69) is 26.8 Å². The number of rotatable bonds is 7. The normalized spacial score (nSPS) is 15.4. The van der Waals surface area contributed by atoms with Crippen LogP contribution in [-0.2, 0) is 4.79 Å². The van der Waals surface area contributed by atoms with E-state index in [4.69, 9.17) is 15.9 Å². The minimum Gasteiger partial charge on any atom is -0.439 e. The lowest BCUT2D eigenvalue weighted by Crippen LogP contribution is -2.44. The van der Waals surface area contributed by atoms with E-state index in [0.29, 0.717) is 41.7 Å². The van der Waals surface area contributed by atoms with E-state index in [-0.39, 0.29) is 23.5 Å². The van der Waals surface area contributed by atoms with E-state index in [1.54, 1.807) is 17.2 Å². The van der Waals surface area contributed by atoms with Crippen molar-refractivity contribution in [2.45, 2.75) is 25.8 Å². The third kappa shape index (κ3) is 5.03. The van der Waals surface area contributed by atoms with Crippen LogP contribution in [0.15, 0.2) is 61.6 Å². The van der Waals surface area contributed by atoms with Crippen molar-refractivity contribution in [2.24, 2.45) is 0 Å². The molecule has 9 nitrogen and oxygen atoms in total. The quantitative estimate of drug-likeness (QED) is 0.365. The zero-order valence-corrected chi connectivity index (χ0v) is 19.0. The molecule has 1 aromatic carbocycles. The molecule has 4 rings (SSSR count). The third-order valence-electron chi connectivity index (χ3n) is 5.70. The number of pyridine rings is 1. The van der Waals surface area contributed by atoms with Crippen molar-refractivity contribution in [2.75, 3.05) is 24.1 Å². The van der Waals surface area contributed by atoms with Gasteiger partial charge in [0, 0.05) is 37.0 Å². The number of nitrogens with zero attached hydrogens (tertiary/aromatic N) is 4. The topological polar surface area (TPSA) is 130 Å². The second-order valence-electron chi connectivity index (χ2n) is 8.08. The van der Waals surface area contributed by atoms with Crippen molar-refractivity contribution in [3.05, 3.63) is 78.3 Å². The lowest BCUT2D eigenvalue weighted by molar-refractivity contribution is -0.127. The number of anilines is 2. The predicted molar refractivity (Wildman–Crippen MR) is 131 cm³/mol. The molecule has 1 saturated heterocycles. The highest BCUT2D eigenvalue weighted by atomic mass is 16.5. The number of hydrogen-bond donors (Lipinski definition) is 3. The van der Waals surface area contributed by atoms with Crippen LogP contribution in [0.3, 0.4) is 0 Å². The molecule has 1 aliphatic heterocycles. The molecule has 9 heteroatoms. The van der Waals surface area contributed by atoms with Crippen molar-refractivity contribution in [1.82, 2.24) is 19.9 Å². The number of aromatic nitrogens is 3. The second-order valence-corrected chi connectivity index (χ2v) is 8.08. The second kappa shape index (κ2) is 10.1. The zero-order chi connectivity index (χ0) is 24.1. The standard InChI is InChI=1S/C25H27N7O2/c1-3-21(33)32-11-7-8-17(14-32)31-25-22(24(27)29-15-30-25)23(26)19-13-28-20(12-16(19)2)34-18-9-5-4-6-10-18/h3-6,9-10,12-13,15,17,26H,1,7-8,11,14H2,2H3,(H3,27,29,30,31). The number of hydrogen-bond acceptors (Lipinski definition) is 8. The maximum Gasteiger partial charge on any atom is 0.246 e. The Bertz CT molecular complexity index is 1210. The van der Waals surface area contributed by atoms with Gasteiger partial charge in [-0.3, -0.25) is 10.2 Å². The van der Waals surface area contributed by atoms with Gasteiger partial charge in [0.2, 0.25) is 11.8 Å². The van der Waals surface area contributed by atoms with E-state index in [1.165, 1.54) is 12.4 Å². The summed E-state index contributed by atoms with van der Waals surface area (Å²) in [6, 6.07) is 11.1. The number of carbonyl (C=O) groups excluding carboxylic acids is 1. The number of amides is 1. The number of nitrogens with two attached hydrogens (primary N) is 1. The molecule has 3 aromatic rings. The molecule has 0 aliphatic carbocycles. The van der Waals surface area contributed by atoms with Crippen molar-refractivity contribution < 1.29 is 9.53 Å². The van der Waals surface area contributed by atoms with Crippen molar-refractivity contribution in [3.63, 3.8) is 0 Å². The summed E-state index contributed by atoms with van der Waals surface area (Å²) < 4.78 is 5.80. The van der Waals surface area contributed by atoms with Gasteiger partial charge in [-0.1, -0.05) is 24.8 Å². The molecule has 0 saturated carbocycles. The van der Waals surface area contributed by atoms with E-state index >= 15 is 0 Å². The number of benzene rings is 1. The first kappa shape index (κ1) is 22.9. The van der Waals surface area contributed by atoms with E-state index in [9.17, 15) is 4.79 Å². The van der Waals surface area contributed by atoms with Gasteiger partial charge in [-0.2, -0.15) is 0 Å². The van der Waals surface area contributed by atoms with Gasteiger partial charge in [-0.25, -0.2) is 15.0 Å². The summed E-state index contributed by atoms with van der Waals surface area (Å²) in [5, 5.41) is 12.2. The van der Waals surface area contributed by atoms with Crippen LogP contribution >= 0.6 is 0 Å². The number of likely N-dealkylation sites (tertiary alicyclic amines) is 1. The van der Waals surface area contributed by atoms with Gasteiger partial charge < -0.3 is 20.7 Å². The molecule has 0 spiro atoms. The van der Waals surface area contributed by atoms with Crippen LogP contribution in [0, 0.1) is 12.3 Å². The van der Waals surface area contributed by atoms with E-state index < -0.39 is 0 Å². The van der Waals surface area contributed by atoms with Gasteiger partial charge in [0.25, 0.3) is 0 Å². The first-order chi connectivity index (χ1) is 16.5. The Morgan fingerprint density at radius 3 is 2.82 bits per heavy atom. The molecule has 0 bridgehead atoms. The number of carbonyl (C=O) groups is 1. The Kier molecular flexibility index (Phi) is 6.82. The molecule has 1 atom stereocenters. The Balaban J connectivity index is 1.57. The van der Waals surface area contributed by atoms with Crippen LogP contribution in [0.1, 0.15) is 29.5 Å². The number of piperidine rings is 1. The molecule has 3 heterocycles. The van der Waals surface area contributed by atoms with Gasteiger partial charge in [0.1, 0.15) is 23.7 Å². The fraction of sp³-hybridized carbons (Fsp3) is 0.240. The Morgan fingerprint density at radius 2 is 2.09 bits per heavy atom. The molecule has 174 valence electrons. The van der Waals surface area contributed by atoms with Crippen LogP contribution in [0.25, 0.3) is 0 Å². The summed E-state index contributed by atoms with van der Waals surface area (Å²) in [5.41, 5.74) is 8.15. The van der Waals surface area contributed by atoms with Crippen molar-refractivity contribution in [1.29, 1.82) is 5.41 Å². The average Bonchev–Trinajstić information content (AvgIpc) is 2.84. The molecule has 1 fully saturated rings. The van der Waals surface area contributed by atoms with Crippen LogP contribution in [0.2, 0.25) is 0 Å². The average molecular weight is 458 g/mol. The first-order valence-corrected chi connectivity index (χ1v) is 11.0. The molecule has 1 amide bonds. The summed E-state index contributed by atoms with van der Waals surface area (Å²) in [6.45, 7) is 6.67. The van der Waals surface area contributed by atoms with Crippen LogP contribution in [0.5, 0.6) is 11.6 Å². The smallest absolute Gasteiger partial charge is 0.246 e. The zero-order valence-electron chi connectivity index (χ0n) is 19.0. The van der Waals surface area contributed by atoms with Gasteiger partial charge >= 0.3 is 0 Å². The highest BCUT2D eigenvalue weighted by molar-refractivity contribution is 6.16. The van der Waals surface area contributed by atoms with Crippen LogP contribution < -0.4 is 15.8 Å². The Labute approximate surface area is 198 Å². The molecule has 0 radical (unpaired) electrons. The summed E-state index contributed by atoms with van der Waals surface area (Å²) in [7, 11) is 0. The minimum atomic E-state index is -0.0961. The largest absolute Gasteiger partial charge is 0.439 e. The number of para-hydroxylation sites is 1. The summed E-state index contributed by atoms with van der Waals surface area (Å²) >= 11 is 0. The maximum absolute atomic E-state index is 12.0. The monoisotopic (exact) mass is 457 g/mol. The summed E-state index contributed by atoms with van der Waals surface area (Å²) in [5.74, 6) is 1.67. The van der Waals surface area contributed by atoms with Gasteiger partial charge in [0.15, 0.2) is 0 Å². The minimum absolute atomic E-state index is 0.0284. The third-order valence-corrected chi connectivity index (χ3v) is 5.70. The lowest BCUT2D eigenvalue weighted by atomic mass is 10.00. The van der Waals surface area contributed by atoms with Crippen LogP contribution in [-0.4, -0.2) is 50.6 Å². The summed E-state index contributed by atoms with van der Waals surface area (Å²) in [4.78, 5) is 26.6. The fourth-order valence-electron chi connectivity index (χ4n) is 3.96.